The van der Waals surface area contributed by atoms with E-state index in [0.717, 1.165) is 43.4 Å². The van der Waals surface area contributed by atoms with Crippen LogP contribution in [-0.2, 0) is 4.74 Å². The second-order valence-electron chi connectivity index (χ2n) is 9.80. The number of nitrogens with zero attached hydrogens (tertiary/aromatic N) is 1. The quantitative estimate of drug-likeness (QED) is 0.0627. The maximum Gasteiger partial charge on any atom is 0.338 e. The van der Waals surface area contributed by atoms with Crippen LogP contribution < -0.4 is 16.2 Å². The van der Waals surface area contributed by atoms with Crippen molar-refractivity contribution < 1.29 is 18.7 Å². The van der Waals surface area contributed by atoms with Crippen molar-refractivity contribution in [2.24, 2.45) is 0 Å². The molecule has 0 bridgehead atoms. The maximum absolute atomic E-state index is 13.1. The third-order valence-electron chi connectivity index (χ3n) is 6.47. The van der Waals surface area contributed by atoms with E-state index in [2.05, 4.69) is 6.07 Å². The number of carbonyl (C=O) groups is 1. The van der Waals surface area contributed by atoms with E-state index in [1.54, 1.807) is 36.4 Å². The number of hydrogen-bond acceptors (Lipinski definition) is 6. The van der Waals surface area contributed by atoms with Crippen LogP contribution in [0.5, 0.6) is 5.75 Å². The zero-order valence-corrected chi connectivity index (χ0v) is 22.9. The number of hydrogen-bond donors (Lipinski definition) is 2. The summed E-state index contributed by atoms with van der Waals surface area (Å²) in [4.78, 5) is 12.1. The third kappa shape index (κ3) is 10.8. The van der Waals surface area contributed by atoms with Gasteiger partial charge in [0.25, 0.3) is 0 Å². The van der Waals surface area contributed by atoms with Crippen LogP contribution in [-0.4, -0.2) is 19.2 Å². The summed E-state index contributed by atoms with van der Waals surface area (Å²) in [6.45, 7) is 1.08. The molecule has 0 heterocycles. The van der Waals surface area contributed by atoms with Crippen molar-refractivity contribution in [2.45, 2.75) is 57.8 Å². The van der Waals surface area contributed by atoms with Crippen LogP contribution in [0.1, 0.15) is 79.3 Å². The molecule has 0 aliphatic rings. The highest BCUT2D eigenvalue weighted by molar-refractivity contribution is 5.91. The number of halogens is 1. The van der Waals surface area contributed by atoms with Gasteiger partial charge in [0.15, 0.2) is 0 Å². The molecule has 4 N–H and O–H groups in total. The normalized spacial score (nSPS) is 11.2. The molecule has 0 amide bonds. The molecule has 3 rings (SSSR count). The summed E-state index contributed by atoms with van der Waals surface area (Å²) in [6, 6.07) is 20.5. The molecule has 0 aromatic heterocycles. The molecule has 0 aliphatic carbocycles. The number of carbonyl (C=O) groups excluding carboxylic acids is 1. The molecule has 0 radical (unpaired) electrons. The predicted molar refractivity (Wildman–Crippen MR) is 159 cm³/mol. The largest absolute Gasteiger partial charge is 0.494 e. The second-order valence-corrected chi connectivity index (χ2v) is 9.80. The number of nitriles is 1. The van der Waals surface area contributed by atoms with Gasteiger partial charge in [-0.3, -0.25) is 0 Å². The number of allylic oxidation sites excluding steroid dienone is 1. The van der Waals surface area contributed by atoms with Crippen molar-refractivity contribution in [2.75, 3.05) is 24.7 Å². The zero-order chi connectivity index (χ0) is 28.6. The van der Waals surface area contributed by atoms with Crippen LogP contribution in [0.15, 0.2) is 66.7 Å². The Morgan fingerprint density at radius 3 is 1.88 bits per heavy atom. The molecular formula is C33H38FN3O3. The minimum atomic E-state index is -0.384. The van der Waals surface area contributed by atoms with Gasteiger partial charge in [-0.2, -0.15) is 5.26 Å². The molecule has 0 saturated heterocycles. The number of anilines is 2. The highest BCUT2D eigenvalue weighted by atomic mass is 19.1. The summed E-state index contributed by atoms with van der Waals surface area (Å²) < 4.78 is 24.3. The molecule has 7 heteroatoms. The molecule has 3 aromatic rings. The molecule has 3 aromatic carbocycles. The minimum Gasteiger partial charge on any atom is -0.494 e. The highest BCUT2D eigenvalue weighted by Crippen LogP contribution is 2.21. The van der Waals surface area contributed by atoms with Crippen molar-refractivity contribution >= 4 is 29.0 Å². The summed E-state index contributed by atoms with van der Waals surface area (Å²) in [7, 11) is 0. The Hall–Kier alpha value is -4.31. The second kappa shape index (κ2) is 16.6. The lowest BCUT2D eigenvalue weighted by atomic mass is 10.0. The van der Waals surface area contributed by atoms with Gasteiger partial charge in [-0.15, -0.1) is 0 Å². The smallest absolute Gasteiger partial charge is 0.338 e. The fraction of sp³-hybridized carbons (Fsp3) is 0.333. The van der Waals surface area contributed by atoms with Gasteiger partial charge in [0.1, 0.15) is 11.6 Å². The van der Waals surface area contributed by atoms with Crippen LogP contribution in [0.4, 0.5) is 15.8 Å². The van der Waals surface area contributed by atoms with Gasteiger partial charge in [-0.05, 0) is 72.5 Å². The van der Waals surface area contributed by atoms with Crippen molar-refractivity contribution in [3.63, 3.8) is 0 Å². The fourth-order valence-corrected chi connectivity index (χ4v) is 4.31. The van der Waals surface area contributed by atoms with E-state index in [4.69, 9.17) is 20.9 Å². The van der Waals surface area contributed by atoms with Crippen molar-refractivity contribution in [1.29, 1.82) is 5.26 Å². The first-order valence-corrected chi connectivity index (χ1v) is 13.9. The van der Waals surface area contributed by atoms with Crippen LogP contribution in [0.3, 0.4) is 0 Å². The third-order valence-corrected chi connectivity index (χ3v) is 6.47. The molecule has 0 atom stereocenters. The Kier molecular flexibility index (Phi) is 12.6. The standard InChI is InChI=1S/C33H38FN3O3/c34-29-14-12-26(13-15-29)28(24-35)20-25-10-16-32(17-11-25)39-18-8-6-4-2-1-3-5-7-9-19-40-33(38)27-21-30(36)23-31(37)22-27/h10-17,20-23H,1-9,18-19,36-37H2/b28-20+. The topological polar surface area (TPSA) is 111 Å². The first kappa shape index (κ1) is 30.2. The van der Waals surface area contributed by atoms with Crippen LogP contribution in [0.25, 0.3) is 11.6 Å². The summed E-state index contributed by atoms with van der Waals surface area (Å²) in [5.74, 6) is 0.0970. The molecule has 0 spiro atoms. The Morgan fingerprint density at radius 2 is 1.30 bits per heavy atom. The summed E-state index contributed by atoms with van der Waals surface area (Å²) in [5.41, 5.74) is 14.8. The fourth-order valence-electron chi connectivity index (χ4n) is 4.31. The number of ether oxygens (including phenoxy) is 2. The predicted octanol–water partition coefficient (Wildman–Crippen LogP) is 7.80. The molecule has 0 unspecified atom stereocenters. The minimum absolute atomic E-state index is 0.324. The maximum atomic E-state index is 13.1. The number of rotatable bonds is 16. The molecule has 0 saturated carbocycles. The lowest BCUT2D eigenvalue weighted by Crippen LogP contribution is -2.07. The average Bonchev–Trinajstić information content (AvgIpc) is 2.95. The lowest BCUT2D eigenvalue weighted by Gasteiger charge is -2.07. The summed E-state index contributed by atoms with van der Waals surface area (Å²) >= 11 is 0. The Labute approximate surface area is 236 Å². The molecular weight excluding hydrogens is 505 g/mol. The van der Waals surface area contributed by atoms with Gasteiger partial charge in [-0.25, -0.2) is 9.18 Å². The molecule has 40 heavy (non-hydrogen) atoms. The summed E-state index contributed by atoms with van der Waals surface area (Å²) in [5, 5.41) is 9.45. The van der Waals surface area contributed by atoms with Crippen LogP contribution >= 0.6 is 0 Å². The van der Waals surface area contributed by atoms with Crippen molar-refractivity contribution in [3.05, 3.63) is 89.2 Å². The number of unbranched alkanes of at least 4 members (excludes halogenated alkanes) is 8. The first-order chi connectivity index (χ1) is 19.4. The number of benzene rings is 3. The van der Waals surface area contributed by atoms with Gasteiger partial charge >= 0.3 is 5.97 Å². The zero-order valence-electron chi connectivity index (χ0n) is 22.9. The molecule has 0 aliphatic heterocycles. The lowest BCUT2D eigenvalue weighted by molar-refractivity contribution is 0.0497. The van der Waals surface area contributed by atoms with E-state index in [0.29, 0.717) is 41.3 Å². The van der Waals surface area contributed by atoms with Crippen molar-refractivity contribution in [3.8, 4) is 11.8 Å². The van der Waals surface area contributed by atoms with Gasteiger partial charge in [0.05, 0.1) is 30.4 Å². The van der Waals surface area contributed by atoms with E-state index in [9.17, 15) is 14.4 Å². The van der Waals surface area contributed by atoms with Crippen LogP contribution in [0, 0.1) is 17.1 Å². The Balaban J connectivity index is 1.19. The first-order valence-electron chi connectivity index (χ1n) is 13.9. The van der Waals surface area contributed by atoms with E-state index in [1.807, 2.05) is 24.3 Å². The Bertz CT molecular complexity index is 1260. The SMILES string of the molecule is N#C/C(=C\c1ccc(OCCCCCCCCCCCOC(=O)c2cc(N)cc(N)c2)cc1)c1ccc(F)cc1. The van der Waals surface area contributed by atoms with Gasteiger partial charge < -0.3 is 20.9 Å². The number of esters is 1. The van der Waals surface area contributed by atoms with Crippen LogP contribution in [0.2, 0.25) is 0 Å². The monoisotopic (exact) mass is 543 g/mol. The van der Waals surface area contributed by atoms with E-state index in [1.165, 1.54) is 37.8 Å². The van der Waals surface area contributed by atoms with E-state index < -0.39 is 0 Å². The number of nitrogen functional groups attached to an aromatic ring is 2. The molecule has 210 valence electrons. The Morgan fingerprint density at radius 1 is 0.750 bits per heavy atom. The highest BCUT2D eigenvalue weighted by Gasteiger charge is 2.08. The van der Waals surface area contributed by atoms with E-state index in [-0.39, 0.29) is 11.8 Å². The van der Waals surface area contributed by atoms with Gasteiger partial charge in [-0.1, -0.05) is 69.2 Å². The van der Waals surface area contributed by atoms with Crippen molar-refractivity contribution in [1.82, 2.24) is 0 Å². The van der Waals surface area contributed by atoms with E-state index >= 15 is 0 Å². The molecule has 6 nitrogen and oxygen atoms in total. The average molecular weight is 544 g/mol. The number of nitrogens with two attached hydrogens (primary N) is 2. The molecule has 0 fully saturated rings. The van der Waals surface area contributed by atoms with Gasteiger partial charge in [0.2, 0.25) is 0 Å². The van der Waals surface area contributed by atoms with Gasteiger partial charge in [0, 0.05) is 11.4 Å². The summed E-state index contributed by atoms with van der Waals surface area (Å²) in [6.07, 6.45) is 11.7.